The number of amides is 1. The molecule has 0 aromatic heterocycles. The van der Waals surface area contributed by atoms with Crippen LogP contribution >= 0.6 is 23.2 Å². The van der Waals surface area contributed by atoms with Gasteiger partial charge in [-0.15, -0.1) is 0 Å². The van der Waals surface area contributed by atoms with Gasteiger partial charge < -0.3 is 15.4 Å². The van der Waals surface area contributed by atoms with E-state index in [0.717, 1.165) is 37.1 Å². The predicted molar refractivity (Wildman–Crippen MR) is 147 cm³/mol. The van der Waals surface area contributed by atoms with E-state index in [1.54, 1.807) is 6.07 Å². The average molecular weight is 625 g/mol. The number of piperidine rings is 1. The Hall–Kier alpha value is -2.09. The van der Waals surface area contributed by atoms with Gasteiger partial charge in [-0.05, 0) is 92.4 Å². The van der Waals surface area contributed by atoms with E-state index in [1.807, 2.05) is 0 Å². The van der Waals surface area contributed by atoms with Crippen LogP contribution in [0.3, 0.4) is 0 Å². The van der Waals surface area contributed by atoms with E-state index in [9.17, 15) is 17.6 Å². The molecule has 1 saturated heterocycles. The fraction of sp³-hybridized carbons (Fsp3) is 0.440. The van der Waals surface area contributed by atoms with Gasteiger partial charge >= 0.3 is 0 Å². The Balaban J connectivity index is 0.000000590. The van der Waals surface area contributed by atoms with Crippen LogP contribution in [0.4, 0.5) is 4.39 Å². The van der Waals surface area contributed by atoms with Gasteiger partial charge in [-0.2, -0.15) is 0 Å². The first kappa shape index (κ1) is 33.1. The maximum Gasteiger partial charge on any atom is 0.300 e. The van der Waals surface area contributed by atoms with Crippen LogP contribution in [0.5, 0.6) is 0 Å². The summed E-state index contributed by atoms with van der Waals surface area (Å²) in [5.41, 5.74) is 7.04. The number of sulfone groups is 1. The van der Waals surface area contributed by atoms with Crippen LogP contribution in [0.15, 0.2) is 35.2 Å². The van der Waals surface area contributed by atoms with E-state index in [2.05, 4.69) is 4.90 Å². The standard InChI is InChI=1S/C22H23Cl2FN2O3S.C2H4O2.CH4O2S/c23-15-8-16(24)10-18(9-15)31(29,30)17-3-5-27(6-4-17)12-14-7-21(25)20(22(26)28)11-19(14)13-1-2-13;1-2(3)4;1-4(2)3/h7-11,13,17H,1-6,12H2,(H2,26,28);1H3,(H,3,4);1H3,(H,2,3)/p-1. The Morgan fingerprint density at radius 2 is 1.59 bits per heavy atom. The number of likely N-dealkylation sites (tertiary alicyclic amines) is 1. The molecule has 1 heterocycles. The van der Waals surface area contributed by atoms with Crippen LogP contribution in [0, 0.1) is 5.82 Å². The Bertz CT molecular complexity index is 1290. The summed E-state index contributed by atoms with van der Waals surface area (Å²) in [5, 5.41) is 7.48. The number of benzene rings is 2. The number of hydrogen-bond acceptors (Lipinski definition) is 7. The van der Waals surface area contributed by atoms with Crippen molar-refractivity contribution in [3.63, 3.8) is 0 Å². The summed E-state index contributed by atoms with van der Waals surface area (Å²) >= 11 is 10.1. The molecule has 1 unspecified atom stereocenters. The highest BCUT2D eigenvalue weighted by molar-refractivity contribution is 7.92. The number of carbonyl (C=O) groups is 2. The van der Waals surface area contributed by atoms with Crippen molar-refractivity contribution in [3.8, 4) is 0 Å². The molecule has 2 aromatic carbocycles. The molecule has 2 aliphatic rings. The lowest BCUT2D eigenvalue weighted by Gasteiger charge is -2.32. The number of nitrogens with two attached hydrogens (primary N) is 1. The van der Waals surface area contributed by atoms with Crippen molar-refractivity contribution < 1.29 is 36.3 Å². The molecule has 1 atom stereocenters. The number of carboxylic acid groups (broad SMARTS) is 1. The molecule has 1 aliphatic heterocycles. The van der Waals surface area contributed by atoms with Crippen molar-refractivity contribution in [2.24, 2.45) is 5.73 Å². The van der Waals surface area contributed by atoms with Crippen molar-refractivity contribution in [1.29, 1.82) is 0 Å². The minimum Gasteiger partial charge on any atom is -0.773 e. The summed E-state index contributed by atoms with van der Waals surface area (Å²) < 4.78 is 58.4. The highest BCUT2D eigenvalue weighted by Crippen LogP contribution is 2.43. The Labute approximate surface area is 239 Å². The van der Waals surface area contributed by atoms with Gasteiger partial charge in [-0.1, -0.05) is 34.3 Å². The molecule has 1 saturated carbocycles. The fourth-order valence-corrected chi connectivity index (χ4v) is 6.69. The zero-order valence-corrected chi connectivity index (χ0v) is 24.5. The van der Waals surface area contributed by atoms with Gasteiger partial charge in [0.25, 0.3) is 11.9 Å². The highest BCUT2D eigenvalue weighted by Gasteiger charge is 2.33. The van der Waals surface area contributed by atoms with Gasteiger partial charge in [0.15, 0.2) is 9.84 Å². The number of primary amides is 1. The molecule has 216 valence electrons. The molecule has 0 spiro atoms. The SMILES string of the molecule is CC(=O)O.CS(=O)[O-].NC(=O)c1cc(C2CC2)c(CN2CCC(S(=O)(=O)c3cc(Cl)cc(Cl)c3)CC2)cc1F. The van der Waals surface area contributed by atoms with Gasteiger partial charge in [-0.3, -0.25) is 18.7 Å². The lowest BCUT2D eigenvalue weighted by atomic mass is 9.98. The lowest BCUT2D eigenvalue weighted by molar-refractivity contribution is -0.134. The topological polar surface area (TPSA) is 158 Å². The first-order valence-corrected chi connectivity index (χ1v) is 15.6. The number of carboxylic acids is 1. The zero-order valence-electron chi connectivity index (χ0n) is 21.4. The predicted octanol–water partition coefficient (Wildman–Crippen LogP) is 4.13. The number of aliphatic carboxylic acids is 1. The van der Waals surface area contributed by atoms with Crippen LogP contribution < -0.4 is 5.73 Å². The van der Waals surface area contributed by atoms with Crippen LogP contribution in [0.25, 0.3) is 0 Å². The second-order valence-electron chi connectivity index (χ2n) is 9.22. The van der Waals surface area contributed by atoms with Crippen LogP contribution in [0.2, 0.25) is 10.0 Å². The van der Waals surface area contributed by atoms with Crippen LogP contribution in [-0.2, 0) is 32.3 Å². The highest BCUT2D eigenvalue weighted by atomic mass is 35.5. The van der Waals surface area contributed by atoms with Crippen molar-refractivity contribution in [2.45, 2.75) is 55.2 Å². The monoisotopic (exact) mass is 623 g/mol. The molecule has 0 bridgehead atoms. The van der Waals surface area contributed by atoms with E-state index in [0.29, 0.717) is 38.4 Å². The normalized spacial score (nSPS) is 16.8. The van der Waals surface area contributed by atoms with E-state index in [-0.39, 0.29) is 20.5 Å². The van der Waals surface area contributed by atoms with Crippen LogP contribution in [0.1, 0.15) is 60.0 Å². The maximum atomic E-state index is 14.4. The number of nitrogens with zero attached hydrogens (tertiary/aromatic N) is 1. The fourth-order valence-electron chi connectivity index (χ4n) is 4.24. The third-order valence-corrected chi connectivity index (χ3v) is 8.72. The molecule has 1 aliphatic carbocycles. The van der Waals surface area contributed by atoms with E-state index in [4.69, 9.17) is 47.6 Å². The molecule has 1 amide bonds. The molecule has 3 N–H and O–H groups in total. The first-order valence-electron chi connectivity index (χ1n) is 11.9. The molecule has 4 rings (SSSR count). The third-order valence-electron chi connectivity index (χ3n) is 6.04. The van der Waals surface area contributed by atoms with Gasteiger partial charge in [0, 0.05) is 23.5 Å². The molecule has 2 aromatic rings. The Kier molecular flexibility index (Phi) is 12.3. The Morgan fingerprint density at radius 1 is 1.10 bits per heavy atom. The first-order chi connectivity index (χ1) is 18.1. The molecule has 9 nitrogen and oxygen atoms in total. The van der Waals surface area contributed by atoms with Crippen molar-refractivity contribution in [1.82, 2.24) is 4.90 Å². The van der Waals surface area contributed by atoms with Gasteiger partial charge in [0.1, 0.15) is 5.82 Å². The van der Waals surface area contributed by atoms with Gasteiger partial charge in [-0.25, -0.2) is 12.8 Å². The molecule has 39 heavy (non-hydrogen) atoms. The van der Waals surface area contributed by atoms with E-state index in [1.165, 1.54) is 24.3 Å². The summed E-state index contributed by atoms with van der Waals surface area (Å²) in [6, 6.07) is 7.36. The molecule has 2 fully saturated rings. The van der Waals surface area contributed by atoms with Crippen molar-refractivity contribution >= 4 is 56.0 Å². The number of hydrogen-bond donors (Lipinski definition) is 2. The summed E-state index contributed by atoms with van der Waals surface area (Å²) in [5.74, 6) is -1.88. The molecule has 14 heteroatoms. The van der Waals surface area contributed by atoms with Crippen LogP contribution in [-0.4, -0.2) is 63.7 Å². The minimum atomic E-state index is -3.54. The van der Waals surface area contributed by atoms with Gasteiger partial charge in [0.05, 0.1) is 15.7 Å². The largest absolute Gasteiger partial charge is 0.773 e. The van der Waals surface area contributed by atoms with E-state index >= 15 is 0 Å². The van der Waals surface area contributed by atoms with Gasteiger partial charge in [0.2, 0.25) is 0 Å². The summed E-state index contributed by atoms with van der Waals surface area (Å²) in [7, 11) is -3.54. The average Bonchev–Trinajstić information content (AvgIpc) is 3.63. The molecule has 0 radical (unpaired) electrons. The number of carbonyl (C=O) groups excluding carboxylic acids is 1. The quantitative estimate of drug-likeness (QED) is 0.454. The Morgan fingerprint density at radius 3 is 2.03 bits per heavy atom. The summed E-state index contributed by atoms with van der Waals surface area (Å²) in [4.78, 5) is 22.8. The van der Waals surface area contributed by atoms with E-state index < -0.39 is 43.9 Å². The number of halogens is 3. The lowest BCUT2D eigenvalue weighted by Crippen LogP contribution is -2.39. The second kappa shape index (κ2) is 14.5. The second-order valence-corrected chi connectivity index (χ2v) is 13.1. The van der Waals surface area contributed by atoms with Crippen molar-refractivity contribution in [2.75, 3.05) is 19.3 Å². The summed E-state index contributed by atoms with van der Waals surface area (Å²) in [6.07, 6.45) is 4.04. The minimum absolute atomic E-state index is 0.0735. The van der Waals surface area contributed by atoms with Crippen molar-refractivity contribution in [3.05, 3.63) is 62.9 Å². The maximum absolute atomic E-state index is 14.4. The summed E-state index contributed by atoms with van der Waals surface area (Å²) in [6.45, 7) is 2.74. The smallest absolute Gasteiger partial charge is 0.300 e. The number of rotatable bonds is 6. The molecular weight excluding hydrogens is 594 g/mol. The molecular formula is C25H30Cl2FN2O7S2-. The zero-order chi connectivity index (χ0) is 29.5. The third kappa shape index (κ3) is 10.4.